The normalized spacial score (nSPS) is 11.2. The van der Waals surface area contributed by atoms with Crippen molar-refractivity contribution in [3.8, 4) is 5.75 Å². The van der Waals surface area contributed by atoms with Gasteiger partial charge in [-0.1, -0.05) is 18.2 Å². The number of ether oxygens (including phenoxy) is 1. The van der Waals surface area contributed by atoms with Crippen molar-refractivity contribution in [2.45, 2.75) is 26.9 Å². The molecular formula is C17H18O2S. The SMILES string of the molecule is Cc1ccc(C(=O)C=Cc2ccc(OC(C)C)cc2)s1. The number of carbonyl (C=O) groups excluding carboxylic acids is 1. The molecule has 0 atom stereocenters. The number of benzene rings is 1. The van der Waals surface area contributed by atoms with E-state index in [1.54, 1.807) is 6.08 Å². The molecule has 1 aromatic carbocycles. The summed E-state index contributed by atoms with van der Waals surface area (Å²) in [4.78, 5) is 13.9. The summed E-state index contributed by atoms with van der Waals surface area (Å²) in [6.45, 7) is 5.99. The molecule has 1 heterocycles. The molecule has 2 rings (SSSR count). The molecule has 2 nitrogen and oxygen atoms in total. The van der Waals surface area contributed by atoms with Crippen LogP contribution in [0.25, 0.3) is 6.08 Å². The van der Waals surface area contributed by atoms with Crippen molar-refractivity contribution in [1.82, 2.24) is 0 Å². The van der Waals surface area contributed by atoms with E-state index in [1.165, 1.54) is 11.3 Å². The van der Waals surface area contributed by atoms with E-state index in [4.69, 9.17) is 4.74 Å². The van der Waals surface area contributed by atoms with Crippen LogP contribution in [-0.4, -0.2) is 11.9 Å². The zero-order valence-electron chi connectivity index (χ0n) is 11.9. The van der Waals surface area contributed by atoms with E-state index in [9.17, 15) is 4.79 Å². The topological polar surface area (TPSA) is 26.3 Å². The summed E-state index contributed by atoms with van der Waals surface area (Å²) in [5.41, 5.74) is 0.989. The predicted molar refractivity (Wildman–Crippen MR) is 84.6 cm³/mol. The first-order valence-electron chi connectivity index (χ1n) is 6.60. The number of allylic oxidation sites excluding steroid dienone is 1. The predicted octanol–water partition coefficient (Wildman–Crippen LogP) is 4.74. The lowest BCUT2D eigenvalue weighted by molar-refractivity contribution is 0.105. The lowest BCUT2D eigenvalue weighted by Crippen LogP contribution is -2.05. The van der Waals surface area contributed by atoms with E-state index in [-0.39, 0.29) is 11.9 Å². The molecule has 0 radical (unpaired) electrons. The van der Waals surface area contributed by atoms with Gasteiger partial charge in [0.1, 0.15) is 5.75 Å². The summed E-state index contributed by atoms with van der Waals surface area (Å²) in [6, 6.07) is 11.6. The third-order valence-corrected chi connectivity index (χ3v) is 3.68. The van der Waals surface area contributed by atoms with E-state index < -0.39 is 0 Å². The fourth-order valence-electron chi connectivity index (χ4n) is 1.75. The number of aryl methyl sites for hydroxylation is 1. The Kier molecular flexibility index (Phi) is 4.74. The second-order valence-electron chi connectivity index (χ2n) is 4.84. The Morgan fingerprint density at radius 2 is 1.85 bits per heavy atom. The molecule has 0 spiro atoms. The largest absolute Gasteiger partial charge is 0.491 e. The third-order valence-electron chi connectivity index (χ3n) is 2.66. The molecule has 20 heavy (non-hydrogen) atoms. The highest BCUT2D eigenvalue weighted by Crippen LogP contribution is 2.18. The fourth-order valence-corrected chi connectivity index (χ4v) is 2.54. The van der Waals surface area contributed by atoms with E-state index in [0.29, 0.717) is 0 Å². The summed E-state index contributed by atoms with van der Waals surface area (Å²) < 4.78 is 5.58. The van der Waals surface area contributed by atoms with Gasteiger partial charge >= 0.3 is 0 Å². The van der Waals surface area contributed by atoms with Crippen LogP contribution in [0.3, 0.4) is 0 Å². The number of thiophene rings is 1. The smallest absolute Gasteiger partial charge is 0.195 e. The van der Waals surface area contributed by atoms with Crippen LogP contribution in [0.4, 0.5) is 0 Å². The van der Waals surface area contributed by atoms with Crippen LogP contribution < -0.4 is 4.74 Å². The first-order valence-corrected chi connectivity index (χ1v) is 7.42. The minimum absolute atomic E-state index is 0.0469. The highest BCUT2D eigenvalue weighted by atomic mass is 32.1. The lowest BCUT2D eigenvalue weighted by Gasteiger charge is -2.09. The van der Waals surface area contributed by atoms with Crippen LogP contribution in [0.5, 0.6) is 5.75 Å². The highest BCUT2D eigenvalue weighted by Gasteiger charge is 2.04. The summed E-state index contributed by atoms with van der Waals surface area (Å²) in [5, 5.41) is 0. The van der Waals surface area contributed by atoms with Gasteiger partial charge in [0.25, 0.3) is 0 Å². The molecule has 0 unspecified atom stereocenters. The minimum Gasteiger partial charge on any atom is -0.491 e. The van der Waals surface area contributed by atoms with Gasteiger partial charge in [0.15, 0.2) is 5.78 Å². The van der Waals surface area contributed by atoms with E-state index in [0.717, 1.165) is 21.1 Å². The van der Waals surface area contributed by atoms with Crippen LogP contribution in [0.1, 0.15) is 34.0 Å². The number of hydrogen-bond donors (Lipinski definition) is 0. The molecule has 0 fully saturated rings. The molecule has 0 N–H and O–H groups in total. The van der Waals surface area contributed by atoms with Gasteiger partial charge in [0, 0.05) is 4.88 Å². The molecular weight excluding hydrogens is 268 g/mol. The van der Waals surface area contributed by atoms with Gasteiger partial charge in [0.2, 0.25) is 0 Å². The minimum atomic E-state index is 0.0469. The summed E-state index contributed by atoms with van der Waals surface area (Å²) in [5.74, 6) is 0.892. The van der Waals surface area contributed by atoms with E-state index >= 15 is 0 Å². The first kappa shape index (κ1) is 14.5. The molecule has 0 saturated carbocycles. The van der Waals surface area contributed by atoms with Crippen LogP contribution in [0.2, 0.25) is 0 Å². The Labute approximate surface area is 123 Å². The molecule has 0 bridgehead atoms. The maximum Gasteiger partial charge on any atom is 0.195 e. The summed E-state index contributed by atoms with van der Waals surface area (Å²) >= 11 is 1.52. The average Bonchev–Trinajstić information content (AvgIpc) is 2.84. The molecule has 2 aromatic rings. The van der Waals surface area contributed by atoms with Gasteiger partial charge in [-0.2, -0.15) is 0 Å². The van der Waals surface area contributed by atoms with Crippen molar-refractivity contribution in [2.75, 3.05) is 0 Å². The zero-order valence-corrected chi connectivity index (χ0v) is 12.7. The lowest BCUT2D eigenvalue weighted by atomic mass is 10.2. The number of hydrogen-bond acceptors (Lipinski definition) is 3. The Morgan fingerprint density at radius 1 is 1.15 bits per heavy atom. The maximum atomic E-state index is 11.9. The van der Waals surface area contributed by atoms with Gasteiger partial charge in [-0.05, 0) is 56.7 Å². The quantitative estimate of drug-likeness (QED) is 0.586. The van der Waals surface area contributed by atoms with Gasteiger partial charge in [-0.25, -0.2) is 0 Å². The second kappa shape index (κ2) is 6.53. The summed E-state index contributed by atoms with van der Waals surface area (Å²) in [6.07, 6.45) is 3.61. The number of ketones is 1. The average molecular weight is 286 g/mol. The van der Waals surface area contributed by atoms with E-state index in [1.807, 2.05) is 63.2 Å². The van der Waals surface area contributed by atoms with Crippen LogP contribution in [0, 0.1) is 6.92 Å². The van der Waals surface area contributed by atoms with Gasteiger partial charge in [-0.3, -0.25) is 4.79 Å². The van der Waals surface area contributed by atoms with Crippen LogP contribution >= 0.6 is 11.3 Å². The van der Waals surface area contributed by atoms with Crippen molar-refractivity contribution < 1.29 is 9.53 Å². The molecule has 0 saturated heterocycles. The van der Waals surface area contributed by atoms with E-state index in [2.05, 4.69) is 0 Å². The van der Waals surface area contributed by atoms with Gasteiger partial charge < -0.3 is 4.74 Å². The van der Waals surface area contributed by atoms with Gasteiger partial charge in [0.05, 0.1) is 11.0 Å². The Hall–Kier alpha value is -1.87. The Balaban J connectivity index is 2.02. The first-order chi connectivity index (χ1) is 9.54. The Bertz CT molecular complexity index is 606. The molecule has 1 aromatic heterocycles. The van der Waals surface area contributed by atoms with Crippen molar-refractivity contribution in [3.63, 3.8) is 0 Å². The van der Waals surface area contributed by atoms with Crippen LogP contribution in [-0.2, 0) is 0 Å². The molecule has 0 aliphatic rings. The van der Waals surface area contributed by atoms with Crippen molar-refractivity contribution in [1.29, 1.82) is 0 Å². The van der Waals surface area contributed by atoms with Gasteiger partial charge in [-0.15, -0.1) is 11.3 Å². The monoisotopic (exact) mass is 286 g/mol. The number of carbonyl (C=O) groups is 1. The molecule has 0 amide bonds. The standard InChI is InChI=1S/C17H18O2S/c1-12(2)19-15-8-5-14(6-9-15)7-10-16(18)17-11-4-13(3)20-17/h4-12H,1-3H3. The Morgan fingerprint density at radius 3 is 2.40 bits per heavy atom. The third kappa shape index (κ3) is 4.07. The fraction of sp³-hybridized carbons (Fsp3) is 0.235. The molecule has 0 aliphatic carbocycles. The summed E-state index contributed by atoms with van der Waals surface area (Å²) in [7, 11) is 0. The zero-order chi connectivity index (χ0) is 14.5. The van der Waals surface area contributed by atoms with Crippen molar-refractivity contribution in [3.05, 3.63) is 57.8 Å². The van der Waals surface area contributed by atoms with Crippen LogP contribution in [0.15, 0.2) is 42.5 Å². The maximum absolute atomic E-state index is 11.9. The molecule has 104 valence electrons. The number of rotatable bonds is 5. The second-order valence-corrected chi connectivity index (χ2v) is 6.13. The molecule has 3 heteroatoms. The highest BCUT2D eigenvalue weighted by molar-refractivity contribution is 7.14. The van der Waals surface area contributed by atoms with Crippen molar-refractivity contribution in [2.24, 2.45) is 0 Å². The van der Waals surface area contributed by atoms with Crippen molar-refractivity contribution >= 4 is 23.2 Å². The molecule has 0 aliphatic heterocycles.